The normalized spacial score (nSPS) is 21.0. The van der Waals surface area contributed by atoms with E-state index in [0.29, 0.717) is 11.4 Å². The molecular weight excluding hydrogens is 682 g/mol. The predicted molar refractivity (Wildman–Crippen MR) is 193 cm³/mol. The fourth-order valence-electron chi connectivity index (χ4n) is 7.92. The molecule has 282 valence electrons. The molecule has 3 fully saturated rings. The third-order valence-corrected chi connectivity index (χ3v) is 10.8. The summed E-state index contributed by atoms with van der Waals surface area (Å²) in [5, 5.41) is 23.5. The number of Topliss-reactive ketones (excluding diaryl/α,β-unsaturated/α-hetero) is 1. The molecule has 3 aliphatic rings. The molecule has 3 aromatic rings. The second kappa shape index (κ2) is 15.5. The maximum absolute atomic E-state index is 14.9. The number of nitrogens with zero attached hydrogens (tertiary/aromatic N) is 5. The van der Waals surface area contributed by atoms with Crippen molar-refractivity contribution in [1.29, 1.82) is 0 Å². The number of likely N-dealkylation sites (tertiary alicyclic amines) is 1. The van der Waals surface area contributed by atoms with Crippen molar-refractivity contribution in [3.8, 4) is 5.75 Å². The Labute approximate surface area is 307 Å². The minimum atomic E-state index is -1.61. The number of aliphatic imine (C=N–C) groups is 1. The maximum atomic E-state index is 14.9. The van der Waals surface area contributed by atoms with Crippen LogP contribution in [0.2, 0.25) is 0 Å². The highest BCUT2D eigenvalue weighted by Gasteiger charge is 2.49. The van der Waals surface area contributed by atoms with E-state index in [0.717, 1.165) is 42.9 Å². The zero-order valence-corrected chi connectivity index (χ0v) is 30.4. The van der Waals surface area contributed by atoms with Gasteiger partial charge in [0, 0.05) is 44.4 Å². The standard InChI is InChI=1S/C38H47N7O8/c1-37(2,51)30-21-40-43-45(30)25-20-29(35(49)42-38(32(46)33(39)47)15-17-53-18-16-38)44(22-25)36(50)28(19-23-9-5-4-6-10-23)41-34(48)27-14-13-24-11-7-8-12-26(24)31(27)52-3/h7-8,11-14,21,23,25,29,51H,4-6,9-10,15-20,22H2,1-3H3,(H2,39,47)(H,42,49)/b41-28+/t25-,29-/m0/s1. The summed E-state index contributed by atoms with van der Waals surface area (Å²) in [4.78, 5) is 74.4. The van der Waals surface area contributed by atoms with Crippen LogP contribution >= 0.6 is 0 Å². The second-order valence-electron chi connectivity index (χ2n) is 14.8. The van der Waals surface area contributed by atoms with Crippen LogP contribution in [0, 0.1) is 5.92 Å². The SMILES string of the molecule is COc1c(C(=O)/N=C(\CC2CCCCC2)C(=O)N2C[C@@H](n3nncc3C(C)(C)O)C[C@H]2C(=O)NC2(C(=O)C(N)=O)CCOCC2)ccc2ccccc12. The van der Waals surface area contributed by atoms with Gasteiger partial charge in [-0.15, -0.1) is 5.10 Å². The summed E-state index contributed by atoms with van der Waals surface area (Å²) in [6, 6.07) is 9.11. The first kappa shape index (κ1) is 37.7. The third kappa shape index (κ3) is 7.86. The lowest BCUT2D eigenvalue weighted by Gasteiger charge is -2.37. The Bertz CT molecular complexity index is 1920. The van der Waals surface area contributed by atoms with Gasteiger partial charge in [-0.05, 0) is 37.6 Å². The summed E-state index contributed by atoms with van der Waals surface area (Å²) in [6.45, 7) is 3.34. The molecule has 2 aliphatic heterocycles. The van der Waals surface area contributed by atoms with Crippen molar-refractivity contribution in [1.82, 2.24) is 25.2 Å². The molecule has 1 saturated carbocycles. The Morgan fingerprint density at radius 3 is 2.47 bits per heavy atom. The van der Waals surface area contributed by atoms with Gasteiger partial charge < -0.3 is 30.5 Å². The number of primary amides is 1. The number of hydrogen-bond acceptors (Lipinski definition) is 10. The number of methoxy groups -OCH3 is 1. The van der Waals surface area contributed by atoms with E-state index in [-0.39, 0.29) is 62.6 Å². The summed E-state index contributed by atoms with van der Waals surface area (Å²) in [6.07, 6.45) is 6.49. The highest BCUT2D eigenvalue weighted by molar-refractivity contribution is 6.41. The molecule has 6 rings (SSSR count). The van der Waals surface area contributed by atoms with E-state index >= 15 is 0 Å². The van der Waals surface area contributed by atoms with Crippen molar-refractivity contribution in [3.63, 3.8) is 0 Å². The maximum Gasteiger partial charge on any atom is 0.287 e. The van der Waals surface area contributed by atoms with Crippen LogP contribution in [-0.4, -0.2) is 98.6 Å². The van der Waals surface area contributed by atoms with Crippen molar-refractivity contribution in [3.05, 3.63) is 53.9 Å². The van der Waals surface area contributed by atoms with Gasteiger partial charge in [-0.1, -0.05) is 67.6 Å². The predicted octanol–water partition coefficient (Wildman–Crippen LogP) is 2.78. The highest BCUT2D eigenvalue weighted by Crippen LogP contribution is 2.35. The first-order valence-corrected chi connectivity index (χ1v) is 18.2. The largest absolute Gasteiger partial charge is 0.495 e. The molecule has 4 N–H and O–H groups in total. The van der Waals surface area contributed by atoms with E-state index in [2.05, 4.69) is 20.6 Å². The van der Waals surface area contributed by atoms with Crippen molar-refractivity contribution >= 4 is 45.9 Å². The van der Waals surface area contributed by atoms with Crippen LogP contribution in [0.3, 0.4) is 0 Å². The van der Waals surface area contributed by atoms with Gasteiger partial charge in [0.05, 0.1) is 30.6 Å². The molecule has 0 spiro atoms. The fraction of sp³-hybridized carbons (Fsp3) is 0.526. The van der Waals surface area contributed by atoms with Gasteiger partial charge in [0.25, 0.3) is 17.7 Å². The van der Waals surface area contributed by atoms with E-state index in [9.17, 15) is 29.1 Å². The van der Waals surface area contributed by atoms with Crippen LogP contribution in [-0.2, 0) is 29.5 Å². The average molecular weight is 730 g/mol. The van der Waals surface area contributed by atoms with Gasteiger partial charge in [-0.2, -0.15) is 0 Å². The summed E-state index contributed by atoms with van der Waals surface area (Å²) in [5.41, 5.74) is 3.04. The Kier molecular flexibility index (Phi) is 11.1. The van der Waals surface area contributed by atoms with E-state index in [4.69, 9.17) is 15.2 Å². The van der Waals surface area contributed by atoms with Gasteiger partial charge >= 0.3 is 0 Å². The lowest BCUT2D eigenvalue weighted by molar-refractivity contribution is -0.146. The number of ether oxygens (including phenoxy) is 2. The zero-order chi connectivity index (χ0) is 37.9. The quantitative estimate of drug-likeness (QED) is 0.194. The minimum Gasteiger partial charge on any atom is -0.495 e. The lowest BCUT2D eigenvalue weighted by Crippen LogP contribution is -2.63. The molecular formula is C38H47N7O8. The molecule has 3 heterocycles. The van der Waals surface area contributed by atoms with Crippen LogP contribution in [0.15, 0.2) is 47.6 Å². The first-order valence-electron chi connectivity index (χ1n) is 18.2. The molecule has 15 nitrogen and oxygen atoms in total. The summed E-state index contributed by atoms with van der Waals surface area (Å²) >= 11 is 0. The summed E-state index contributed by atoms with van der Waals surface area (Å²) in [5.74, 6) is -3.65. The number of fused-ring (bicyclic) bond motifs is 1. The minimum absolute atomic E-state index is 0.00542. The van der Waals surface area contributed by atoms with E-state index in [1.165, 1.54) is 22.9 Å². The Morgan fingerprint density at radius 1 is 1.08 bits per heavy atom. The number of benzene rings is 2. The van der Waals surface area contributed by atoms with Gasteiger partial charge in [-0.3, -0.25) is 24.0 Å². The molecule has 4 amide bonds. The van der Waals surface area contributed by atoms with Crippen LogP contribution in [0.1, 0.15) is 93.7 Å². The van der Waals surface area contributed by atoms with E-state index in [1.807, 2.05) is 24.3 Å². The number of rotatable bonds is 11. The summed E-state index contributed by atoms with van der Waals surface area (Å²) in [7, 11) is 1.48. The molecule has 53 heavy (non-hydrogen) atoms. The number of nitrogens with two attached hydrogens (primary N) is 1. The summed E-state index contributed by atoms with van der Waals surface area (Å²) < 4.78 is 12.6. The molecule has 1 aliphatic carbocycles. The number of aromatic nitrogens is 3. The van der Waals surface area contributed by atoms with E-state index < -0.39 is 52.6 Å². The van der Waals surface area contributed by atoms with Crippen LogP contribution in [0.5, 0.6) is 5.75 Å². The number of hydrogen-bond donors (Lipinski definition) is 3. The number of nitrogens with one attached hydrogen (secondary N) is 1. The molecule has 0 radical (unpaired) electrons. The van der Waals surface area contributed by atoms with Gasteiger partial charge in [0.2, 0.25) is 11.7 Å². The number of carbonyl (C=O) groups excluding carboxylic acids is 5. The van der Waals surface area contributed by atoms with Crippen molar-refractivity contribution < 1.29 is 38.6 Å². The Morgan fingerprint density at radius 2 is 1.79 bits per heavy atom. The fourth-order valence-corrected chi connectivity index (χ4v) is 7.92. The topological polar surface area (TPSA) is 208 Å². The number of amides is 4. The molecule has 1 aromatic heterocycles. The number of aliphatic hydroxyl groups is 1. The lowest BCUT2D eigenvalue weighted by atomic mass is 9.84. The number of carbonyl (C=O) groups is 5. The van der Waals surface area contributed by atoms with Gasteiger partial charge in [0.15, 0.2) is 0 Å². The van der Waals surface area contributed by atoms with Crippen LogP contribution in [0.4, 0.5) is 0 Å². The average Bonchev–Trinajstić information content (AvgIpc) is 3.83. The Hall–Kier alpha value is -5.02. The highest BCUT2D eigenvalue weighted by atomic mass is 16.5. The Balaban J connectivity index is 1.40. The van der Waals surface area contributed by atoms with Gasteiger partial charge in [0.1, 0.15) is 28.6 Å². The second-order valence-corrected chi connectivity index (χ2v) is 14.8. The third-order valence-electron chi connectivity index (χ3n) is 10.8. The molecule has 0 bridgehead atoms. The molecule has 2 aromatic carbocycles. The first-order chi connectivity index (χ1) is 25.3. The smallest absolute Gasteiger partial charge is 0.287 e. The van der Waals surface area contributed by atoms with Crippen molar-refractivity contribution in [2.24, 2.45) is 16.6 Å². The van der Waals surface area contributed by atoms with Crippen molar-refractivity contribution in [2.75, 3.05) is 26.9 Å². The zero-order valence-electron chi connectivity index (χ0n) is 30.4. The molecule has 0 unspecified atom stereocenters. The van der Waals surface area contributed by atoms with Crippen LogP contribution in [0.25, 0.3) is 10.8 Å². The van der Waals surface area contributed by atoms with Gasteiger partial charge in [-0.25, -0.2) is 9.67 Å². The molecule has 2 saturated heterocycles. The van der Waals surface area contributed by atoms with Crippen LogP contribution < -0.4 is 15.8 Å². The van der Waals surface area contributed by atoms with E-state index in [1.54, 1.807) is 26.0 Å². The number of ketones is 1. The molecule has 15 heteroatoms. The monoisotopic (exact) mass is 729 g/mol. The molecule has 2 atom stereocenters. The van der Waals surface area contributed by atoms with Crippen molar-refractivity contribution in [2.45, 2.75) is 94.9 Å².